The first-order chi connectivity index (χ1) is 20.2. The fraction of sp³-hybridized carbons (Fsp3) is 0.355. The number of rotatable bonds is 10. The number of benzene rings is 3. The van der Waals surface area contributed by atoms with Crippen LogP contribution in [0.2, 0.25) is 10.0 Å². The summed E-state index contributed by atoms with van der Waals surface area (Å²) in [6.45, 7) is 5.66. The van der Waals surface area contributed by atoms with Gasteiger partial charge in [-0.1, -0.05) is 59.6 Å². The molecule has 43 heavy (non-hydrogen) atoms. The highest BCUT2D eigenvalue weighted by molar-refractivity contribution is 7.92. The van der Waals surface area contributed by atoms with Crippen molar-refractivity contribution in [2.45, 2.75) is 45.3 Å². The van der Waals surface area contributed by atoms with Gasteiger partial charge in [0.05, 0.1) is 22.0 Å². The van der Waals surface area contributed by atoms with E-state index in [-0.39, 0.29) is 24.6 Å². The van der Waals surface area contributed by atoms with Crippen molar-refractivity contribution in [3.63, 3.8) is 0 Å². The Morgan fingerprint density at radius 2 is 1.58 bits per heavy atom. The molecule has 0 fully saturated rings. The van der Waals surface area contributed by atoms with Gasteiger partial charge < -0.3 is 19.7 Å². The molecule has 230 valence electrons. The summed E-state index contributed by atoms with van der Waals surface area (Å²) in [6.07, 6.45) is 1.22. The van der Waals surface area contributed by atoms with E-state index in [1.54, 1.807) is 30.3 Å². The highest BCUT2D eigenvalue weighted by Gasteiger charge is 2.34. The first kappa shape index (κ1) is 32.4. The summed E-state index contributed by atoms with van der Waals surface area (Å²) in [4.78, 5) is 29.5. The van der Waals surface area contributed by atoms with Crippen molar-refractivity contribution >= 4 is 50.7 Å². The van der Waals surface area contributed by atoms with Crippen LogP contribution in [0.1, 0.15) is 31.9 Å². The number of sulfonamides is 1. The molecule has 0 radical (unpaired) electrons. The van der Waals surface area contributed by atoms with Gasteiger partial charge in [0.1, 0.15) is 25.8 Å². The van der Waals surface area contributed by atoms with Gasteiger partial charge in [-0.15, -0.1) is 0 Å². The Morgan fingerprint density at radius 1 is 0.907 bits per heavy atom. The Bertz CT molecular complexity index is 1580. The van der Waals surface area contributed by atoms with Crippen molar-refractivity contribution in [1.82, 2.24) is 10.2 Å². The number of carbonyl (C=O) groups excluding carboxylic acids is 2. The van der Waals surface area contributed by atoms with Crippen molar-refractivity contribution in [3.8, 4) is 11.5 Å². The quantitative estimate of drug-likeness (QED) is 0.329. The van der Waals surface area contributed by atoms with E-state index >= 15 is 0 Å². The molecule has 0 saturated carbocycles. The van der Waals surface area contributed by atoms with Crippen molar-refractivity contribution in [2.75, 3.05) is 30.3 Å². The van der Waals surface area contributed by atoms with Crippen LogP contribution in [0.25, 0.3) is 0 Å². The van der Waals surface area contributed by atoms with Crippen LogP contribution in [0.3, 0.4) is 0 Å². The third-order valence-electron chi connectivity index (χ3n) is 6.60. The number of halogens is 2. The summed E-state index contributed by atoms with van der Waals surface area (Å²) in [6, 6.07) is 18.0. The van der Waals surface area contributed by atoms with Gasteiger partial charge in [0.25, 0.3) is 0 Å². The predicted octanol–water partition coefficient (Wildman–Crippen LogP) is 5.09. The molecule has 0 saturated heterocycles. The van der Waals surface area contributed by atoms with E-state index in [9.17, 15) is 18.0 Å². The molecular weight excluding hydrogens is 613 g/mol. The maximum absolute atomic E-state index is 14.2. The molecule has 1 aliphatic rings. The lowest BCUT2D eigenvalue weighted by atomic mass is 10.0. The molecule has 1 aliphatic heterocycles. The van der Waals surface area contributed by atoms with E-state index in [2.05, 4.69) is 5.32 Å². The van der Waals surface area contributed by atoms with E-state index in [0.717, 1.165) is 16.1 Å². The van der Waals surface area contributed by atoms with Crippen LogP contribution in [-0.2, 0) is 32.6 Å². The van der Waals surface area contributed by atoms with E-state index in [1.807, 2.05) is 51.1 Å². The number of nitrogens with one attached hydrogen (secondary N) is 1. The average molecular weight is 649 g/mol. The zero-order valence-electron chi connectivity index (χ0n) is 24.5. The maximum Gasteiger partial charge on any atom is 0.244 e. The van der Waals surface area contributed by atoms with E-state index in [1.165, 1.54) is 11.0 Å². The number of hydrogen-bond donors (Lipinski definition) is 1. The fourth-order valence-corrected chi connectivity index (χ4v) is 5.80. The summed E-state index contributed by atoms with van der Waals surface area (Å²) in [5.41, 5.74) is 1.09. The fourth-order valence-electron chi connectivity index (χ4n) is 4.64. The average Bonchev–Trinajstić information content (AvgIpc) is 2.94. The molecule has 12 heteroatoms. The van der Waals surface area contributed by atoms with Crippen LogP contribution in [-0.4, -0.2) is 62.7 Å². The van der Waals surface area contributed by atoms with Crippen LogP contribution in [0.4, 0.5) is 5.69 Å². The molecule has 0 spiro atoms. The summed E-state index contributed by atoms with van der Waals surface area (Å²) < 4.78 is 38.3. The molecule has 0 unspecified atom stereocenters. The summed E-state index contributed by atoms with van der Waals surface area (Å²) >= 11 is 12.4. The molecular formula is C31H35Cl2N3O6S. The lowest BCUT2D eigenvalue weighted by Crippen LogP contribution is -2.56. The lowest BCUT2D eigenvalue weighted by molar-refractivity contribution is -0.140. The molecule has 2 amide bonds. The maximum atomic E-state index is 14.2. The van der Waals surface area contributed by atoms with Crippen molar-refractivity contribution in [2.24, 2.45) is 0 Å². The standard InChI is InChI=1S/C31H35Cl2N3O6S/c1-31(2,3)34-30(38)26(17-21-8-6-5-7-9-21)35(19-22-10-12-24(32)25(33)16-22)29(37)20-36(43(4,39)40)23-11-13-27-28(18-23)42-15-14-41-27/h5-13,16,18,26H,14-15,17,19-20H2,1-4H3,(H,34,38)/t26-/m0/s1. The molecule has 1 N–H and O–H groups in total. The molecule has 1 heterocycles. The Balaban J connectivity index is 1.76. The van der Waals surface area contributed by atoms with Crippen LogP contribution < -0.4 is 19.1 Å². The topological polar surface area (TPSA) is 105 Å². The van der Waals surface area contributed by atoms with Crippen molar-refractivity contribution in [3.05, 3.63) is 87.9 Å². The highest BCUT2D eigenvalue weighted by Crippen LogP contribution is 2.35. The molecule has 1 atom stereocenters. The summed E-state index contributed by atoms with van der Waals surface area (Å²) in [5.74, 6) is -0.104. The van der Waals surface area contributed by atoms with Crippen LogP contribution in [0.5, 0.6) is 11.5 Å². The molecule has 0 aliphatic carbocycles. The second-order valence-electron chi connectivity index (χ2n) is 11.3. The number of hydrogen-bond acceptors (Lipinski definition) is 6. The van der Waals surface area contributed by atoms with Gasteiger partial charge >= 0.3 is 0 Å². The number of fused-ring (bicyclic) bond motifs is 1. The zero-order valence-corrected chi connectivity index (χ0v) is 26.8. The Kier molecular flexibility index (Phi) is 10.1. The normalized spacial score (nSPS) is 13.6. The van der Waals surface area contributed by atoms with Gasteiger partial charge in [0, 0.05) is 24.6 Å². The second kappa shape index (κ2) is 13.4. The van der Waals surface area contributed by atoms with E-state index in [0.29, 0.717) is 40.3 Å². The van der Waals surface area contributed by atoms with Gasteiger partial charge in [-0.3, -0.25) is 13.9 Å². The monoisotopic (exact) mass is 647 g/mol. The van der Waals surface area contributed by atoms with Gasteiger partial charge in [0.15, 0.2) is 11.5 Å². The van der Waals surface area contributed by atoms with Crippen molar-refractivity contribution < 1.29 is 27.5 Å². The smallest absolute Gasteiger partial charge is 0.244 e. The van der Waals surface area contributed by atoms with Gasteiger partial charge in [-0.05, 0) is 56.2 Å². The van der Waals surface area contributed by atoms with Crippen LogP contribution in [0.15, 0.2) is 66.7 Å². The zero-order chi connectivity index (χ0) is 31.4. The summed E-state index contributed by atoms with van der Waals surface area (Å²) in [7, 11) is -3.94. The van der Waals surface area contributed by atoms with Gasteiger partial charge in [0.2, 0.25) is 21.8 Å². The van der Waals surface area contributed by atoms with E-state index < -0.39 is 34.1 Å². The Morgan fingerprint density at radius 3 is 2.21 bits per heavy atom. The number of carbonyl (C=O) groups is 2. The third-order valence-corrected chi connectivity index (χ3v) is 8.48. The van der Waals surface area contributed by atoms with E-state index in [4.69, 9.17) is 32.7 Å². The molecule has 3 aromatic rings. The first-order valence-corrected chi connectivity index (χ1v) is 16.3. The second-order valence-corrected chi connectivity index (χ2v) is 14.0. The van der Waals surface area contributed by atoms with Crippen LogP contribution in [0, 0.1) is 0 Å². The highest BCUT2D eigenvalue weighted by atomic mass is 35.5. The largest absolute Gasteiger partial charge is 0.486 e. The summed E-state index contributed by atoms with van der Waals surface area (Å²) in [5, 5.41) is 3.62. The Hall–Kier alpha value is -3.47. The molecule has 9 nitrogen and oxygen atoms in total. The minimum atomic E-state index is -3.94. The molecule has 3 aromatic carbocycles. The van der Waals surface area contributed by atoms with Gasteiger partial charge in [-0.2, -0.15) is 0 Å². The predicted molar refractivity (Wildman–Crippen MR) is 168 cm³/mol. The SMILES string of the molecule is CC(C)(C)NC(=O)[C@H](Cc1ccccc1)N(Cc1ccc(Cl)c(Cl)c1)C(=O)CN(c1ccc2c(c1)OCCO2)S(C)(=O)=O. The Labute approximate surface area is 262 Å². The third kappa shape index (κ3) is 8.78. The molecule has 4 rings (SSSR count). The first-order valence-electron chi connectivity index (χ1n) is 13.7. The minimum Gasteiger partial charge on any atom is -0.486 e. The number of ether oxygens (including phenoxy) is 2. The molecule has 0 bridgehead atoms. The van der Waals surface area contributed by atoms with Crippen molar-refractivity contribution in [1.29, 1.82) is 0 Å². The lowest BCUT2D eigenvalue weighted by Gasteiger charge is -2.35. The van der Waals surface area contributed by atoms with Gasteiger partial charge in [-0.25, -0.2) is 8.42 Å². The molecule has 0 aromatic heterocycles. The van der Waals surface area contributed by atoms with Crippen LogP contribution >= 0.6 is 23.2 Å². The minimum absolute atomic E-state index is 0.0243. The number of amides is 2. The number of nitrogens with zero attached hydrogens (tertiary/aromatic N) is 2. The number of anilines is 1.